The molecule has 0 amide bonds. The number of allylic oxidation sites excluding steroid dienone is 8. The summed E-state index contributed by atoms with van der Waals surface area (Å²) in [5.74, 6) is 0. The summed E-state index contributed by atoms with van der Waals surface area (Å²) in [6, 6.07) is 0. The molecule has 0 bridgehead atoms. The fourth-order valence-corrected chi connectivity index (χ4v) is 0.680. The molecule has 5 heteroatoms. The molecule has 19 heavy (non-hydrogen) atoms. The summed E-state index contributed by atoms with van der Waals surface area (Å²) in [6.07, 6.45) is 20.0. The molecule has 2 rings (SSSR count). The average molecular weight is 386 g/mol. The van der Waals surface area contributed by atoms with Crippen LogP contribution in [0.2, 0.25) is 0 Å². The molecule has 0 radical (unpaired) electrons. The third-order valence-electron chi connectivity index (χ3n) is 1.17. The first-order chi connectivity index (χ1) is 7.83. The van der Waals surface area contributed by atoms with Crippen molar-refractivity contribution < 1.29 is 34.8 Å². The van der Waals surface area contributed by atoms with E-state index in [2.05, 4.69) is 28.0 Å². The van der Waals surface area contributed by atoms with E-state index >= 15 is 0 Å². The van der Waals surface area contributed by atoms with E-state index in [0.29, 0.717) is 0 Å². The number of hydrogen-bond donors (Lipinski definition) is 1. The van der Waals surface area contributed by atoms with E-state index in [1.54, 1.807) is 6.92 Å². The molecule has 0 unspecified atom stereocenters. The molecule has 3 N–H and O–H groups in total. The quantitative estimate of drug-likeness (QED) is 0.640. The first kappa shape index (κ1) is 31.5. The summed E-state index contributed by atoms with van der Waals surface area (Å²) >= 11 is 1.51. The molecule has 2 nitrogen and oxygen atoms in total. The third kappa shape index (κ3) is 45.9. The summed E-state index contributed by atoms with van der Waals surface area (Å²) < 4.78 is 2.09. The van der Waals surface area contributed by atoms with Crippen LogP contribution in [0.25, 0.3) is 0 Å². The summed E-state index contributed by atoms with van der Waals surface area (Å²) in [6.45, 7) is 3.97. The minimum absolute atomic E-state index is 0. The minimum Gasteiger partial charge on any atom is -0.412 e. The van der Waals surface area contributed by atoms with Crippen molar-refractivity contribution in [2.45, 2.75) is 26.7 Å². The van der Waals surface area contributed by atoms with Crippen LogP contribution in [0, 0.1) is 12.2 Å². The van der Waals surface area contributed by atoms with E-state index in [1.165, 1.54) is 24.2 Å². The van der Waals surface area contributed by atoms with E-state index in [4.69, 9.17) is 5.11 Å². The first-order valence-electron chi connectivity index (χ1n) is 5.32. The number of aliphatic hydroxyl groups is 1. The second-order valence-corrected chi connectivity index (χ2v) is 4.03. The predicted molar refractivity (Wildman–Crippen MR) is 85.7 cm³/mol. The van der Waals surface area contributed by atoms with Gasteiger partial charge in [-0.2, -0.15) is 12.2 Å². The van der Waals surface area contributed by atoms with E-state index in [-0.39, 0.29) is 36.9 Å². The van der Waals surface area contributed by atoms with Crippen LogP contribution in [0.1, 0.15) is 26.7 Å². The van der Waals surface area contributed by atoms with Gasteiger partial charge < -0.3 is 10.6 Å². The molecule has 0 saturated carbocycles. The van der Waals surface area contributed by atoms with Crippen molar-refractivity contribution in [3.63, 3.8) is 0 Å². The van der Waals surface area contributed by atoms with Gasteiger partial charge in [-0.05, 0) is 6.92 Å². The molecule has 0 saturated heterocycles. The zero-order valence-electron chi connectivity index (χ0n) is 11.4. The fourth-order valence-electron chi connectivity index (χ4n) is 0.680. The smallest absolute Gasteiger partial charge is 0.109 e. The molecule has 0 atom stereocenters. The van der Waals surface area contributed by atoms with Crippen molar-refractivity contribution in [1.82, 2.24) is 0 Å². The molecule has 0 spiro atoms. The summed E-state index contributed by atoms with van der Waals surface area (Å²) in [5.41, 5.74) is 0. The Bertz CT molecular complexity index is 208. The molecule has 0 aromatic heterocycles. The van der Waals surface area contributed by atoms with Gasteiger partial charge in [-0.15, -0.1) is 37.7 Å². The standard InChI is InChI=1S/2C5H5.C2H6O.C2H4.2ClH.H2O.Zr/c2*1-2-4-5-3-1;1-2-3;1-2;;;;/h2*1-3H,4H2;3H,2H2,1H3;1H,2H3;2*1H;1H2;/q2*-1;;;;;;+2. The molecule has 0 fully saturated rings. The maximum absolute atomic E-state index is 7.57. The van der Waals surface area contributed by atoms with Crippen molar-refractivity contribution in [3.05, 3.63) is 48.6 Å². The van der Waals surface area contributed by atoms with Crippen LogP contribution in [-0.4, -0.2) is 20.9 Å². The maximum Gasteiger partial charge on any atom is -0.109 e. The maximum atomic E-state index is 7.57. The molecule has 0 aromatic rings. The molecule has 0 aromatic carbocycles. The largest absolute Gasteiger partial charge is 0.412 e. The predicted octanol–water partition coefficient (Wildman–Crippen LogP) is 2.98. The van der Waals surface area contributed by atoms with Gasteiger partial charge >= 0.3 is 34.9 Å². The van der Waals surface area contributed by atoms with Crippen LogP contribution in [0.5, 0.6) is 0 Å². The van der Waals surface area contributed by atoms with E-state index in [9.17, 15) is 0 Å². The molecule has 2 aliphatic rings. The van der Waals surface area contributed by atoms with Crippen molar-refractivity contribution >= 4 is 28.5 Å². The summed E-state index contributed by atoms with van der Waals surface area (Å²) in [7, 11) is 0. The number of rotatable bonds is 0. The fraction of sp³-hybridized carbons (Fsp3) is 0.357. The Hall–Kier alpha value is 0.213. The van der Waals surface area contributed by atoms with Crippen LogP contribution in [0.4, 0.5) is 0 Å². The van der Waals surface area contributed by atoms with Crippen molar-refractivity contribution in [1.29, 1.82) is 0 Å². The molecule has 0 heterocycles. The Kier molecular flexibility index (Phi) is 60.1. The number of halogens is 2. The molecular weight excluding hydrogens is 362 g/mol. The topological polar surface area (TPSA) is 51.7 Å². The van der Waals surface area contributed by atoms with Crippen molar-refractivity contribution in [2.24, 2.45) is 0 Å². The minimum atomic E-state index is 0. The van der Waals surface area contributed by atoms with Crippen LogP contribution >= 0.6 is 24.8 Å². The summed E-state index contributed by atoms with van der Waals surface area (Å²) in [4.78, 5) is 0. The van der Waals surface area contributed by atoms with Gasteiger partial charge in [-0.25, -0.2) is 24.3 Å². The first-order valence-corrected chi connectivity index (χ1v) is 6.74. The van der Waals surface area contributed by atoms with Gasteiger partial charge in [0, 0.05) is 6.61 Å². The van der Waals surface area contributed by atoms with E-state index in [0.717, 1.165) is 12.8 Å². The van der Waals surface area contributed by atoms with Crippen LogP contribution in [-0.2, 0) is 24.2 Å². The average Bonchev–Trinajstić information content (AvgIpc) is 3.00. The van der Waals surface area contributed by atoms with E-state index in [1.807, 2.05) is 31.2 Å². The second kappa shape index (κ2) is 36.2. The van der Waals surface area contributed by atoms with Crippen molar-refractivity contribution in [3.8, 4) is 0 Å². The normalized spacial score (nSPS) is 11.0. The Morgan fingerprint density at radius 1 is 1.11 bits per heavy atom. The molecular formula is C14H24Cl2O2Zr. The SMILES string of the molecule is CCO.C[CH]=[Zr+2].Cl.Cl.O.[C-]1=CC=CC1.[C-]1=CC=CC1. The summed E-state index contributed by atoms with van der Waals surface area (Å²) in [5, 5.41) is 7.57. The van der Waals surface area contributed by atoms with E-state index < -0.39 is 0 Å². The number of hydrogen-bond acceptors (Lipinski definition) is 1. The monoisotopic (exact) mass is 384 g/mol. The van der Waals surface area contributed by atoms with Gasteiger partial charge in [0.25, 0.3) is 0 Å². The third-order valence-corrected chi connectivity index (χ3v) is 1.17. The Labute approximate surface area is 144 Å². The Morgan fingerprint density at radius 2 is 1.37 bits per heavy atom. The molecule has 0 aliphatic heterocycles. The zero-order valence-corrected chi connectivity index (χ0v) is 15.5. The molecule has 2 aliphatic carbocycles. The van der Waals surface area contributed by atoms with Crippen LogP contribution in [0.3, 0.4) is 0 Å². The van der Waals surface area contributed by atoms with Crippen LogP contribution < -0.4 is 0 Å². The van der Waals surface area contributed by atoms with Gasteiger partial charge in [0.1, 0.15) is 0 Å². The zero-order chi connectivity index (χ0) is 12.5. The van der Waals surface area contributed by atoms with Crippen LogP contribution in [0.15, 0.2) is 36.5 Å². The second-order valence-electron chi connectivity index (χ2n) is 2.61. The van der Waals surface area contributed by atoms with Gasteiger partial charge in [-0.3, -0.25) is 12.2 Å². The van der Waals surface area contributed by atoms with Gasteiger partial charge in [0.15, 0.2) is 0 Å². The Morgan fingerprint density at radius 3 is 1.42 bits per heavy atom. The van der Waals surface area contributed by atoms with Gasteiger partial charge in [0.05, 0.1) is 0 Å². The number of aliphatic hydroxyl groups excluding tert-OH is 1. The molecule has 110 valence electrons. The van der Waals surface area contributed by atoms with Crippen molar-refractivity contribution in [2.75, 3.05) is 6.61 Å². The van der Waals surface area contributed by atoms with Gasteiger partial charge in [-0.1, -0.05) is 0 Å². The Balaban J connectivity index is -0.0000000450. The van der Waals surface area contributed by atoms with Gasteiger partial charge in [0.2, 0.25) is 0 Å².